The quantitative estimate of drug-likeness (QED) is 0.814. The van der Waals surface area contributed by atoms with E-state index in [4.69, 9.17) is 0 Å². The zero-order chi connectivity index (χ0) is 14.0. The lowest BCUT2D eigenvalue weighted by Crippen LogP contribution is -2.16. The third kappa shape index (κ3) is 3.11. The van der Waals surface area contributed by atoms with E-state index in [0.29, 0.717) is 10.4 Å². The van der Waals surface area contributed by atoms with Crippen LogP contribution >= 0.6 is 11.3 Å². The molecule has 0 amide bonds. The van der Waals surface area contributed by atoms with Gasteiger partial charge in [0.2, 0.25) is 0 Å². The Morgan fingerprint density at radius 2 is 1.95 bits per heavy atom. The maximum absolute atomic E-state index is 12.3. The van der Waals surface area contributed by atoms with Gasteiger partial charge in [-0.2, -0.15) is 0 Å². The topological polar surface area (TPSA) is 51.2 Å². The molecule has 2 aromatic rings. The number of ketones is 1. The van der Waals surface area contributed by atoms with Gasteiger partial charge in [0.1, 0.15) is 5.75 Å². The molecule has 19 heavy (non-hydrogen) atoms. The smallest absolute Gasteiger partial charge is 0.188 e. The van der Waals surface area contributed by atoms with Crippen molar-refractivity contribution in [2.45, 2.75) is 18.7 Å². The molecule has 0 spiro atoms. The van der Waals surface area contributed by atoms with Crippen molar-refractivity contribution in [2.75, 3.05) is 5.75 Å². The van der Waals surface area contributed by atoms with Crippen LogP contribution in [0, 0.1) is 13.8 Å². The van der Waals surface area contributed by atoms with Crippen molar-refractivity contribution in [1.82, 2.24) is 0 Å². The fraction of sp³-hybridized carbons (Fsp3) is 0.214. The summed E-state index contributed by atoms with van der Waals surface area (Å²) in [5.41, 5.74) is 1.68. The molecule has 1 aromatic carbocycles. The van der Waals surface area contributed by atoms with Gasteiger partial charge in [-0.25, -0.2) is 8.42 Å². The zero-order valence-electron chi connectivity index (χ0n) is 10.7. The number of carbonyl (C=O) groups is 1. The number of aryl methyl sites for hydroxylation is 2. The van der Waals surface area contributed by atoms with Gasteiger partial charge < -0.3 is 0 Å². The molecular formula is C14H14O3S2. The first-order valence-corrected chi connectivity index (χ1v) is 8.30. The third-order valence-corrected chi connectivity index (χ3v) is 5.46. The highest BCUT2D eigenvalue weighted by molar-refractivity contribution is 7.92. The van der Waals surface area contributed by atoms with Crippen molar-refractivity contribution in [2.24, 2.45) is 0 Å². The summed E-state index contributed by atoms with van der Waals surface area (Å²) in [5.74, 6) is -0.827. The molecule has 5 heteroatoms. The van der Waals surface area contributed by atoms with Gasteiger partial charge in [0, 0.05) is 0 Å². The summed E-state index contributed by atoms with van der Waals surface area (Å²) in [5, 5.41) is 1.76. The Labute approximate surface area is 116 Å². The van der Waals surface area contributed by atoms with Crippen molar-refractivity contribution < 1.29 is 13.2 Å². The van der Waals surface area contributed by atoms with Gasteiger partial charge >= 0.3 is 0 Å². The van der Waals surface area contributed by atoms with E-state index < -0.39 is 15.6 Å². The Morgan fingerprint density at radius 1 is 1.21 bits per heavy atom. The molecule has 1 aromatic heterocycles. The van der Waals surface area contributed by atoms with Gasteiger partial charge in [-0.15, -0.1) is 11.3 Å². The second-order valence-electron chi connectivity index (χ2n) is 4.43. The number of carbonyl (C=O) groups excluding carboxylic acids is 1. The SMILES string of the molecule is Cc1ccc(S(=O)(=O)CC(=O)c2cccs2)c(C)c1. The maximum atomic E-state index is 12.3. The van der Waals surface area contributed by atoms with Crippen LogP contribution in [0.25, 0.3) is 0 Å². The van der Waals surface area contributed by atoms with E-state index >= 15 is 0 Å². The fourth-order valence-corrected chi connectivity index (χ4v) is 4.14. The molecule has 0 saturated heterocycles. The van der Waals surface area contributed by atoms with Crippen LogP contribution in [0.15, 0.2) is 40.6 Å². The molecule has 0 aliphatic carbocycles. The van der Waals surface area contributed by atoms with Crippen LogP contribution < -0.4 is 0 Å². The molecule has 0 aliphatic heterocycles. The summed E-state index contributed by atoms with van der Waals surface area (Å²) in [4.78, 5) is 12.6. The largest absolute Gasteiger partial charge is 0.292 e. The van der Waals surface area contributed by atoms with E-state index in [9.17, 15) is 13.2 Å². The average Bonchev–Trinajstić information content (AvgIpc) is 2.80. The van der Waals surface area contributed by atoms with Crippen LogP contribution in [-0.4, -0.2) is 20.0 Å². The summed E-state index contributed by atoms with van der Waals surface area (Å²) in [6, 6.07) is 8.51. The lowest BCUT2D eigenvalue weighted by Gasteiger charge is -2.07. The Hall–Kier alpha value is -1.46. The highest BCUT2D eigenvalue weighted by atomic mass is 32.2. The normalized spacial score (nSPS) is 11.5. The van der Waals surface area contributed by atoms with Crippen LogP contribution in [0.5, 0.6) is 0 Å². The molecule has 0 radical (unpaired) electrons. The van der Waals surface area contributed by atoms with Gasteiger partial charge in [-0.1, -0.05) is 23.8 Å². The maximum Gasteiger partial charge on any atom is 0.188 e. The molecule has 0 aliphatic rings. The average molecular weight is 294 g/mol. The second-order valence-corrected chi connectivity index (χ2v) is 7.33. The number of hydrogen-bond donors (Lipinski definition) is 0. The minimum atomic E-state index is -3.58. The molecular weight excluding hydrogens is 280 g/mol. The van der Waals surface area contributed by atoms with Crippen LogP contribution in [0.4, 0.5) is 0 Å². The molecule has 0 unspecified atom stereocenters. The summed E-state index contributed by atoms with van der Waals surface area (Å²) >= 11 is 1.26. The number of sulfone groups is 1. The van der Waals surface area contributed by atoms with E-state index in [0.717, 1.165) is 5.56 Å². The molecule has 1 heterocycles. The Bertz CT molecular complexity index is 698. The Morgan fingerprint density at radius 3 is 2.53 bits per heavy atom. The minimum Gasteiger partial charge on any atom is -0.292 e. The number of rotatable bonds is 4. The number of Topliss-reactive ketones (excluding diaryl/α,β-unsaturated/α-hetero) is 1. The fourth-order valence-electron chi connectivity index (χ4n) is 1.91. The van der Waals surface area contributed by atoms with Gasteiger partial charge in [0.25, 0.3) is 0 Å². The van der Waals surface area contributed by atoms with E-state index in [1.54, 1.807) is 36.6 Å². The van der Waals surface area contributed by atoms with Crippen molar-refractivity contribution in [1.29, 1.82) is 0 Å². The van der Waals surface area contributed by atoms with Crippen molar-refractivity contribution >= 4 is 27.0 Å². The van der Waals surface area contributed by atoms with Crippen LogP contribution in [0.1, 0.15) is 20.8 Å². The minimum absolute atomic E-state index is 0.239. The van der Waals surface area contributed by atoms with E-state index in [1.807, 2.05) is 13.0 Å². The summed E-state index contributed by atoms with van der Waals surface area (Å²) < 4.78 is 24.5. The summed E-state index contributed by atoms with van der Waals surface area (Å²) in [6.45, 7) is 3.65. The van der Waals surface area contributed by atoms with Crippen molar-refractivity contribution in [3.8, 4) is 0 Å². The standard InChI is InChI=1S/C14H14O3S2/c1-10-5-6-14(11(2)8-10)19(16,17)9-12(15)13-4-3-7-18-13/h3-8H,9H2,1-2H3. The Balaban J connectivity index is 2.30. The highest BCUT2D eigenvalue weighted by Gasteiger charge is 2.22. The predicted molar refractivity (Wildman–Crippen MR) is 76.6 cm³/mol. The lowest BCUT2D eigenvalue weighted by atomic mass is 10.2. The molecule has 2 rings (SSSR count). The first kappa shape index (κ1) is 14.0. The van der Waals surface area contributed by atoms with E-state index in [-0.39, 0.29) is 10.7 Å². The zero-order valence-corrected chi connectivity index (χ0v) is 12.3. The first-order valence-electron chi connectivity index (χ1n) is 5.77. The predicted octanol–water partition coefficient (Wildman–Crippen LogP) is 3.02. The van der Waals surface area contributed by atoms with Gasteiger partial charge in [-0.3, -0.25) is 4.79 Å². The molecule has 0 N–H and O–H groups in total. The highest BCUT2D eigenvalue weighted by Crippen LogP contribution is 2.20. The van der Waals surface area contributed by atoms with Crippen molar-refractivity contribution in [3.63, 3.8) is 0 Å². The van der Waals surface area contributed by atoms with E-state index in [2.05, 4.69) is 0 Å². The van der Waals surface area contributed by atoms with Crippen LogP contribution in [-0.2, 0) is 9.84 Å². The van der Waals surface area contributed by atoms with Gasteiger partial charge in [0.15, 0.2) is 15.6 Å². The van der Waals surface area contributed by atoms with Crippen molar-refractivity contribution in [3.05, 3.63) is 51.7 Å². The molecule has 0 fully saturated rings. The summed E-state index contributed by atoms with van der Waals surface area (Å²) in [7, 11) is -3.58. The number of hydrogen-bond acceptors (Lipinski definition) is 4. The third-order valence-electron chi connectivity index (χ3n) is 2.78. The van der Waals surface area contributed by atoms with Gasteiger partial charge in [0.05, 0.1) is 9.77 Å². The number of benzene rings is 1. The summed E-state index contributed by atoms with van der Waals surface area (Å²) in [6.07, 6.45) is 0. The molecule has 3 nitrogen and oxygen atoms in total. The molecule has 0 bridgehead atoms. The molecule has 0 saturated carbocycles. The number of thiophene rings is 1. The lowest BCUT2D eigenvalue weighted by molar-refractivity contribution is 0.102. The second kappa shape index (κ2) is 5.27. The monoisotopic (exact) mass is 294 g/mol. The van der Waals surface area contributed by atoms with E-state index in [1.165, 1.54) is 11.3 Å². The van der Waals surface area contributed by atoms with Crippen LogP contribution in [0.3, 0.4) is 0 Å². The van der Waals surface area contributed by atoms with Gasteiger partial charge in [-0.05, 0) is 36.9 Å². The molecule has 0 atom stereocenters. The van der Waals surface area contributed by atoms with Crippen LogP contribution in [0.2, 0.25) is 0 Å². The Kier molecular flexibility index (Phi) is 3.87. The molecule has 100 valence electrons. The first-order chi connectivity index (χ1) is 8.90.